The van der Waals surface area contributed by atoms with Crippen molar-refractivity contribution in [2.45, 2.75) is 25.3 Å². The lowest BCUT2D eigenvalue weighted by Gasteiger charge is -2.25. The summed E-state index contributed by atoms with van der Waals surface area (Å²) in [7, 11) is 0. The molecule has 3 aromatic carbocycles. The van der Waals surface area contributed by atoms with E-state index in [9.17, 15) is 9.18 Å². The van der Waals surface area contributed by atoms with Gasteiger partial charge >= 0.3 is 6.03 Å². The maximum atomic E-state index is 13.2. The quantitative estimate of drug-likeness (QED) is 0.271. The third kappa shape index (κ3) is 7.39. The Balaban J connectivity index is 1.18. The normalized spacial score (nSPS) is 15.6. The Kier molecular flexibility index (Phi) is 8.44. The monoisotopic (exact) mass is 520 g/mol. The zero-order valence-corrected chi connectivity index (χ0v) is 22.1. The summed E-state index contributed by atoms with van der Waals surface area (Å²) in [5.41, 5.74) is 5.67. The van der Waals surface area contributed by atoms with Crippen molar-refractivity contribution in [2.75, 3.05) is 25.0 Å². The second kappa shape index (κ2) is 12.5. The maximum absolute atomic E-state index is 13.2. The summed E-state index contributed by atoms with van der Waals surface area (Å²) in [6.07, 6.45) is 4.63. The Labute approximate surface area is 229 Å². The zero-order chi connectivity index (χ0) is 27.0. The number of amides is 2. The summed E-state index contributed by atoms with van der Waals surface area (Å²) >= 11 is 0. The zero-order valence-electron chi connectivity index (χ0n) is 22.1. The first-order valence-electron chi connectivity index (χ1n) is 13.3. The highest BCUT2D eigenvalue weighted by atomic mass is 19.1. The van der Waals surface area contributed by atoms with E-state index in [1.165, 1.54) is 23.3 Å². The number of carbonyl (C=O) groups is 1. The Morgan fingerprint density at radius 3 is 2.31 bits per heavy atom. The SMILES string of the molecule is Cc1cc(NC(=O)N[C@H]2CCN(CC(c3ccccc3)c3ccccc3)C2)cc(C=Cc2ccc(F)cc2)n1. The number of nitrogens with one attached hydrogen (secondary N) is 2. The molecule has 0 saturated carbocycles. The van der Waals surface area contributed by atoms with Crippen LogP contribution in [-0.2, 0) is 0 Å². The molecule has 1 aliphatic rings. The lowest BCUT2D eigenvalue weighted by molar-refractivity contribution is 0.247. The number of aryl methyl sites for hydroxylation is 1. The van der Waals surface area contributed by atoms with E-state index in [0.29, 0.717) is 5.69 Å². The molecule has 0 radical (unpaired) electrons. The van der Waals surface area contributed by atoms with Crippen molar-refractivity contribution in [1.29, 1.82) is 0 Å². The smallest absolute Gasteiger partial charge is 0.319 e. The number of nitrogens with zero attached hydrogens (tertiary/aromatic N) is 2. The summed E-state index contributed by atoms with van der Waals surface area (Å²) in [5, 5.41) is 6.12. The number of likely N-dealkylation sites (tertiary alicyclic amines) is 1. The minimum atomic E-state index is -0.268. The molecule has 0 spiro atoms. The summed E-state index contributed by atoms with van der Waals surface area (Å²) in [6, 6.07) is 31.0. The molecule has 2 heterocycles. The van der Waals surface area contributed by atoms with Gasteiger partial charge in [-0.2, -0.15) is 0 Å². The molecule has 198 valence electrons. The van der Waals surface area contributed by atoms with Crippen LogP contribution in [0.1, 0.15) is 40.4 Å². The van der Waals surface area contributed by atoms with E-state index >= 15 is 0 Å². The molecular formula is C33H33FN4O. The number of hydrogen-bond donors (Lipinski definition) is 2. The Hall–Kier alpha value is -4.29. The Morgan fingerprint density at radius 1 is 0.974 bits per heavy atom. The van der Waals surface area contributed by atoms with Crippen molar-refractivity contribution in [3.63, 3.8) is 0 Å². The molecule has 2 amide bonds. The third-order valence-corrected chi connectivity index (χ3v) is 7.00. The number of carbonyl (C=O) groups excluding carboxylic acids is 1. The molecule has 39 heavy (non-hydrogen) atoms. The predicted molar refractivity (Wildman–Crippen MR) is 156 cm³/mol. The highest BCUT2D eigenvalue weighted by Crippen LogP contribution is 2.27. The van der Waals surface area contributed by atoms with Crippen LogP contribution < -0.4 is 10.6 Å². The fourth-order valence-electron chi connectivity index (χ4n) is 5.11. The maximum Gasteiger partial charge on any atom is 0.319 e. The van der Waals surface area contributed by atoms with E-state index in [-0.39, 0.29) is 23.8 Å². The van der Waals surface area contributed by atoms with Gasteiger partial charge in [0.25, 0.3) is 0 Å². The van der Waals surface area contributed by atoms with Crippen molar-refractivity contribution < 1.29 is 9.18 Å². The van der Waals surface area contributed by atoms with E-state index in [1.54, 1.807) is 12.1 Å². The number of rotatable bonds is 8. The van der Waals surface area contributed by atoms with Crippen LogP contribution in [0.15, 0.2) is 97.1 Å². The van der Waals surface area contributed by atoms with Gasteiger partial charge in [-0.25, -0.2) is 9.18 Å². The molecule has 1 aromatic heterocycles. The Bertz CT molecular complexity index is 1370. The number of halogens is 1. The van der Waals surface area contributed by atoms with Crippen molar-refractivity contribution >= 4 is 23.9 Å². The molecule has 6 heteroatoms. The summed E-state index contributed by atoms with van der Waals surface area (Å²) in [5.74, 6) is 0.0112. The van der Waals surface area contributed by atoms with Crippen LogP contribution in [-0.4, -0.2) is 41.6 Å². The summed E-state index contributed by atoms with van der Waals surface area (Å²) < 4.78 is 13.2. The highest BCUT2D eigenvalue weighted by Gasteiger charge is 2.27. The molecule has 0 bridgehead atoms. The summed E-state index contributed by atoms with van der Waals surface area (Å²) in [6.45, 7) is 4.54. The van der Waals surface area contributed by atoms with Gasteiger partial charge in [-0.1, -0.05) is 78.9 Å². The molecule has 0 aliphatic carbocycles. The van der Waals surface area contributed by atoms with Crippen LogP contribution in [0.3, 0.4) is 0 Å². The molecule has 0 unspecified atom stereocenters. The van der Waals surface area contributed by atoms with Crippen LogP contribution in [0.25, 0.3) is 12.2 Å². The van der Waals surface area contributed by atoms with Gasteiger partial charge in [-0.15, -0.1) is 0 Å². The number of benzene rings is 3. The first-order valence-corrected chi connectivity index (χ1v) is 13.3. The topological polar surface area (TPSA) is 57.3 Å². The van der Waals surface area contributed by atoms with Crippen LogP contribution in [0, 0.1) is 12.7 Å². The number of urea groups is 1. The second-order valence-corrected chi connectivity index (χ2v) is 10.0. The molecule has 4 aromatic rings. The first kappa shape index (κ1) is 26.3. The fraction of sp³-hybridized carbons (Fsp3) is 0.212. The van der Waals surface area contributed by atoms with E-state index < -0.39 is 0 Å². The number of anilines is 1. The number of pyridine rings is 1. The second-order valence-electron chi connectivity index (χ2n) is 10.0. The minimum Gasteiger partial charge on any atom is -0.334 e. The lowest BCUT2D eigenvalue weighted by Crippen LogP contribution is -2.40. The van der Waals surface area contributed by atoms with Crippen LogP contribution in [0.2, 0.25) is 0 Å². The Morgan fingerprint density at radius 2 is 1.64 bits per heavy atom. The predicted octanol–water partition coefficient (Wildman–Crippen LogP) is 6.73. The number of aromatic nitrogens is 1. The van der Waals surface area contributed by atoms with Crippen LogP contribution in [0.4, 0.5) is 14.9 Å². The van der Waals surface area contributed by atoms with Gasteiger partial charge < -0.3 is 15.5 Å². The first-order chi connectivity index (χ1) is 19.0. The van der Waals surface area contributed by atoms with Gasteiger partial charge in [-0.3, -0.25) is 4.98 Å². The molecule has 2 N–H and O–H groups in total. The van der Waals surface area contributed by atoms with E-state index in [0.717, 1.165) is 43.0 Å². The van der Waals surface area contributed by atoms with Gasteiger partial charge in [0, 0.05) is 43.0 Å². The van der Waals surface area contributed by atoms with Crippen molar-refractivity contribution in [2.24, 2.45) is 0 Å². The molecule has 1 atom stereocenters. The van der Waals surface area contributed by atoms with Crippen molar-refractivity contribution in [1.82, 2.24) is 15.2 Å². The van der Waals surface area contributed by atoms with Crippen molar-refractivity contribution in [3.05, 3.63) is 131 Å². The fourth-order valence-corrected chi connectivity index (χ4v) is 5.11. The minimum absolute atomic E-state index is 0.0815. The van der Waals surface area contributed by atoms with Crippen LogP contribution in [0.5, 0.6) is 0 Å². The molecule has 1 aliphatic heterocycles. The van der Waals surface area contributed by atoms with Gasteiger partial charge in [0.05, 0.1) is 5.69 Å². The highest BCUT2D eigenvalue weighted by molar-refractivity contribution is 5.90. The molecular weight excluding hydrogens is 487 g/mol. The standard InChI is InChI=1S/C33H33FN4O/c1-24-20-31(21-29(35-24)17-14-25-12-15-28(34)16-13-25)37-33(39)36-30-18-19-38(22-30)23-32(26-8-4-2-5-9-26)27-10-6-3-7-11-27/h2-17,20-21,30,32H,18-19,22-23H2,1H3,(H2,35,36,37,39)/t30-/m0/s1. The molecule has 5 rings (SSSR count). The van der Waals surface area contributed by atoms with Gasteiger partial charge in [0.1, 0.15) is 5.82 Å². The van der Waals surface area contributed by atoms with Crippen LogP contribution >= 0.6 is 0 Å². The third-order valence-electron chi connectivity index (χ3n) is 7.00. The average Bonchev–Trinajstić information content (AvgIpc) is 3.38. The van der Waals surface area contributed by atoms with E-state index in [1.807, 2.05) is 31.2 Å². The molecule has 1 fully saturated rings. The molecule has 1 saturated heterocycles. The van der Waals surface area contributed by atoms with Crippen molar-refractivity contribution in [3.8, 4) is 0 Å². The average molecular weight is 521 g/mol. The van der Waals surface area contributed by atoms with E-state index in [4.69, 9.17) is 0 Å². The molecule has 5 nitrogen and oxygen atoms in total. The van der Waals surface area contributed by atoms with E-state index in [2.05, 4.69) is 81.2 Å². The largest absolute Gasteiger partial charge is 0.334 e. The van der Waals surface area contributed by atoms with Gasteiger partial charge in [0.2, 0.25) is 0 Å². The number of hydrogen-bond acceptors (Lipinski definition) is 3. The van der Waals surface area contributed by atoms with Gasteiger partial charge in [-0.05, 0) is 60.4 Å². The lowest BCUT2D eigenvalue weighted by atomic mass is 9.91. The summed E-state index contributed by atoms with van der Waals surface area (Å²) in [4.78, 5) is 19.8. The van der Waals surface area contributed by atoms with Gasteiger partial charge in [0.15, 0.2) is 0 Å².